The summed E-state index contributed by atoms with van der Waals surface area (Å²) in [6.07, 6.45) is 2.47. The van der Waals surface area contributed by atoms with Gasteiger partial charge in [-0.05, 0) is 30.2 Å². The largest absolute Gasteiger partial charge is 0.472 e. The molecule has 0 amide bonds. The van der Waals surface area contributed by atoms with Gasteiger partial charge in [-0.1, -0.05) is 28.1 Å². The number of rotatable bonds is 2. The van der Waals surface area contributed by atoms with Crippen LogP contribution in [-0.2, 0) is 0 Å². The Kier molecular flexibility index (Phi) is 2.93. The molecule has 2 nitrogen and oxygen atoms in total. The van der Waals surface area contributed by atoms with E-state index in [9.17, 15) is 5.11 Å². The van der Waals surface area contributed by atoms with Crippen LogP contribution in [0.5, 0.6) is 0 Å². The molecule has 1 unspecified atom stereocenters. The monoisotopic (exact) mass is 266 g/mol. The van der Waals surface area contributed by atoms with Crippen molar-refractivity contribution in [1.29, 1.82) is 0 Å². The lowest BCUT2D eigenvalue weighted by atomic mass is 10.0. The van der Waals surface area contributed by atoms with Gasteiger partial charge < -0.3 is 9.52 Å². The second kappa shape index (κ2) is 4.21. The second-order valence-electron chi connectivity index (χ2n) is 3.48. The van der Waals surface area contributed by atoms with E-state index >= 15 is 0 Å². The van der Waals surface area contributed by atoms with Gasteiger partial charge in [0.1, 0.15) is 6.10 Å². The zero-order valence-electron chi connectivity index (χ0n) is 8.27. The smallest absolute Gasteiger partial charge is 0.108 e. The molecule has 1 atom stereocenters. The third-order valence-electron chi connectivity index (χ3n) is 2.31. The molecule has 1 aromatic heterocycles. The van der Waals surface area contributed by atoms with Crippen molar-refractivity contribution in [2.75, 3.05) is 0 Å². The quantitative estimate of drug-likeness (QED) is 0.904. The van der Waals surface area contributed by atoms with Gasteiger partial charge in [0.2, 0.25) is 0 Å². The van der Waals surface area contributed by atoms with Gasteiger partial charge in [-0.2, -0.15) is 0 Å². The summed E-state index contributed by atoms with van der Waals surface area (Å²) in [5, 5.41) is 10.1. The summed E-state index contributed by atoms with van der Waals surface area (Å²) in [6, 6.07) is 7.63. The van der Waals surface area contributed by atoms with E-state index in [1.54, 1.807) is 18.6 Å². The summed E-state index contributed by atoms with van der Waals surface area (Å²) in [5.74, 6) is 0. The third-order valence-corrected chi connectivity index (χ3v) is 3.00. The van der Waals surface area contributed by atoms with Crippen molar-refractivity contribution < 1.29 is 9.52 Å². The van der Waals surface area contributed by atoms with Gasteiger partial charge in [0.15, 0.2) is 0 Å². The van der Waals surface area contributed by atoms with Crippen LogP contribution in [0.1, 0.15) is 22.8 Å². The Balaban J connectivity index is 2.38. The molecular formula is C12H11BrO2. The van der Waals surface area contributed by atoms with Crippen LogP contribution in [0, 0.1) is 6.92 Å². The normalized spacial score (nSPS) is 12.7. The first-order valence-electron chi connectivity index (χ1n) is 4.64. The Labute approximate surface area is 96.7 Å². The van der Waals surface area contributed by atoms with Gasteiger partial charge in [0.05, 0.1) is 12.5 Å². The fourth-order valence-electron chi connectivity index (χ4n) is 1.46. The standard InChI is InChI=1S/C12H11BrO2/c1-8-2-3-10(11(13)6-8)12(14)9-4-5-15-7-9/h2-7,12,14H,1H3. The van der Waals surface area contributed by atoms with Crippen LogP contribution < -0.4 is 0 Å². The molecule has 1 N–H and O–H groups in total. The Morgan fingerprint density at radius 2 is 2.13 bits per heavy atom. The third kappa shape index (κ3) is 2.13. The molecule has 0 fully saturated rings. The molecule has 1 heterocycles. The number of benzene rings is 1. The summed E-state index contributed by atoms with van der Waals surface area (Å²) in [5.41, 5.74) is 2.77. The average molecular weight is 267 g/mol. The van der Waals surface area contributed by atoms with Gasteiger partial charge in [-0.25, -0.2) is 0 Å². The molecule has 0 radical (unpaired) electrons. The van der Waals surface area contributed by atoms with E-state index in [4.69, 9.17) is 4.42 Å². The SMILES string of the molecule is Cc1ccc(C(O)c2ccoc2)c(Br)c1. The summed E-state index contributed by atoms with van der Waals surface area (Å²) < 4.78 is 5.86. The topological polar surface area (TPSA) is 33.4 Å². The molecule has 0 aliphatic carbocycles. The Morgan fingerprint density at radius 3 is 2.73 bits per heavy atom. The number of aliphatic hydroxyl groups excluding tert-OH is 1. The molecule has 0 bridgehead atoms. The minimum Gasteiger partial charge on any atom is -0.472 e. The van der Waals surface area contributed by atoms with Gasteiger partial charge in [0, 0.05) is 10.0 Å². The fraction of sp³-hybridized carbons (Fsp3) is 0.167. The highest BCUT2D eigenvalue weighted by Gasteiger charge is 2.14. The Morgan fingerprint density at radius 1 is 1.33 bits per heavy atom. The molecule has 1 aromatic carbocycles. The number of aliphatic hydroxyl groups is 1. The van der Waals surface area contributed by atoms with Crippen molar-refractivity contribution in [2.45, 2.75) is 13.0 Å². The number of furan rings is 1. The molecule has 0 saturated carbocycles. The maximum atomic E-state index is 10.1. The van der Waals surface area contributed by atoms with Gasteiger partial charge in [-0.15, -0.1) is 0 Å². The minimum atomic E-state index is -0.640. The van der Waals surface area contributed by atoms with Crippen LogP contribution in [0.25, 0.3) is 0 Å². The van der Waals surface area contributed by atoms with Crippen LogP contribution in [-0.4, -0.2) is 5.11 Å². The van der Waals surface area contributed by atoms with Crippen LogP contribution >= 0.6 is 15.9 Å². The van der Waals surface area contributed by atoms with Crippen LogP contribution in [0.4, 0.5) is 0 Å². The minimum absolute atomic E-state index is 0.640. The molecule has 2 rings (SSSR count). The second-order valence-corrected chi connectivity index (χ2v) is 4.34. The van der Waals surface area contributed by atoms with E-state index in [2.05, 4.69) is 15.9 Å². The molecule has 0 aliphatic heterocycles. The lowest BCUT2D eigenvalue weighted by Gasteiger charge is -2.11. The molecule has 3 heteroatoms. The Hall–Kier alpha value is -1.06. The van der Waals surface area contributed by atoms with E-state index in [0.29, 0.717) is 0 Å². The lowest BCUT2D eigenvalue weighted by molar-refractivity contribution is 0.218. The fourth-order valence-corrected chi connectivity index (χ4v) is 2.17. The number of aryl methyl sites for hydroxylation is 1. The first-order valence-corrected chi connectivity index (χ1v) is 5.44. The average Bonchev–Trinajstić information content (AvgIpc) is 2.69. The lowest BCUT2D eigenvalue weighted by Crippen LogP contribution is -1.99. The Bertz CT molecular complexity index is 449. The highest BCUT2D eigenvalue weighted by Crippen LogP contribution is 2.29. The number of halogens is 1. The van der Waals surface area contributed by atoms with E-state index in [0.717, 1.165) is 21.2 Å². The van der Waals surface area contributed by atoms with Crippen molar-refractivity contribution in [2.24, 2.45) is 0 Å². The predicted octanol–water partition coefficient (Wildman–Crippen LogP) is 3.43. The van der Waals surface area contributed by atoms with Crippen LogP contribution in [0.15, 0.2) is 45.7 Å². The van der Waals surface area contributed by atoms with Crippen molar-refractivity contribution in [3.05, 3.63) is 58.0 Å². The maximum Gasteiger partial charge on any atom is 0.108 e. The number of hydrogen-bond acceptors (Lipinski definition) is 2. The molecule has 15 heavy (non-hydrogen) atoms. The van der Waals surface area contributed by atoms with E-state index in [1.807, 2.05) is 25.1 Å². The summed E-state index contributed by atoms with van der Waals surface area (Å²) >= 11 is 3.44. The van der Waals surface area contributed by atoms with E-state index < -0.39 is 6.10 Å². The van der Waals surface area contributed by atoms with Gasteiger partial charge >= 0.3 is 0 Å². The van der Waals surface area contributed by atoms with Crippen molar-refractivity contribution in [1.82, 2.24) is 0 Å². The van der Waals surface area contributed by atoms with Crippen LogP contribution in [0.3, 0.4) is 0 Å². The zero-order chi connectivity index (χ0) is 10.8. The predicted molar refractivity (Wildman–Crippen MR) is 61.6 cm³/mol. The first kappa shape index (κ1) is 10.5. The molecule has 78 valence electrons. The van der Waals surface area contributed by atoms with Crippen LogP contribution in [0.2, 0.25) is 0 Å². The highest BCUT2D eigenvalue weighted by atomic mass is 79.9. The van der Waals surface area contributed by atoms with Crippen molar-refractivity contribution in [3.63, 3.8) is 0 Å². The maximum absolute atomic E-state index is 10.1. The molecule has 0 aliphatic rings. The summed E-state index contributed by atoms with van der Waals surface area (Å²) in [7, 11) is 0. The van der Waals surface area contributed by atoms with E-state index in [-0.39, 0.29) is 0 Å². The molecule has 2 aromatic rings. The highest BCUT2D eigenvalue weighted by molar-refractivity contribution is 9.10. The summed E-state index contributed by atoms with van der Waals surface area (Å²) in [4.78, 5) is 0. The van der Waals surface area contributed by atoms with Gasteiger partial charge in [0.25, 0.3) is 0 Å². The zero-order valence-corrected chi connectivity index (χ0v) is 9.86. The van der Waals surface area contributed by atoms with Crippen molar-refractivity contribution in [3.8, 4) is 0 Å². The van der Waals surface area contributed by atoms with Gasteiger partial charge in [-0.3, -0.25) is 0 Å². The summed E-state index contributed by atoms with van der Waals surface area (Å²) in [6.45, 7) is 2.01. The molecule has 0 saturated heterocycles. The van der Waals surface area contributed by atoms with E-state index in [1.165, 1.54) is 0 Å². The van der Waals surface area contributed by atoms with Crippen molar-refractivity contribution >= 4 is 15.9 Å². The number of hydrogen-bond donors (Lipinski definition) is 1. The molecule has 0 spiro atoms. The molecular weight excluding hydrogens is 256 g/mol. The first-order chi connectivity index (χ1) is 7.18.